The summed E-state index contributed by atoms with van der Waals surface area (Å²) in [5.74, 6) is 0.741. The van der Waals surface area contributed by atoms with Crippen LogP contribution in [0, 0.1) is 0 Å². The summed E-state index contributed by atoms with van der Waals surface area (Å²) in [4.78, 5) is 4.76. The Morgan fingerprint density at radius 1 is 0.966 bits per heavy atom. The zero-order valence-corrected chi connectivity index (χ0v) is 18.3. The van der Waals surface area contributed by atoms with Crippen LogP contribution in [0.25, 0.3) is 0 Å². The van der Waals surface area contributed by atoms with Crippen molar-refractivity contribution in [1.82, 2.24) is 10.6 Å². The number of primary sulfonamides is 1. The van der Waals surface area contributed by atoms with E-state index >= 15 is 0 Å². The fourth-order valence-electron chi connectivity index (χ4n) is 3.35. The van der Waals surface area contributed by atoms with Crippen LogP contribution in [-0.4, -0.2) is 27.5 Å². The number of aliphatic imine (C=N–C) groups is 1. The van der Waals surface area contributed by atoms with Crippen molar-refractivity contribution in [1.29, 1.82) is 0 Å². The predicted molar refractivity (Wildman–Crippen MR) is 119 cm³/mol. The van der Waals surface area contributed by atoms with E-state index in [0.29, 0.717) is 6.54 Å². The number of nitrogens with one attached hydrogen (secondary N) is 2. The van der Waals surface area contributed by atoms with Crippen LogP contribution in [0.4, 0.5) is 0 Å². The molecule has 0 saturated carbocycles. The summed E-state index contributed by atoms with van der Waals surface area (Å²) in [7, 11) is -3.68. The minimum Gasteiger partial charge on any atom is -0.357 e. The number of benzene rings is 2. The molecule has 4 N–H and O–H groups in total. The molecule has 29 heavy (non-hydrogen) atoms. The Kier molecular flexibility index (Phi) is 8.22. The molecule has 7 heteroatoms. The molecule has 0 aliphatic rings. The van der Waals surface area contributed by atoms with Crippen LogP contribution in [-0.2, 0) is 22.0 Å². The van der Waals surface area contributed by atoms with E-state index < -0.39 is 10.0 Å². The monoisotopic (exact) mass is 416 g/mol. The highest BCUT2D eigenvalue weighted by Crippen LogP contribution is 2.30. The van der Waals surface area contributed by atoms with E-state index in [2.05, 4.69) is 53.7 Å². The third-order valence-corrected chi connectivity index (χ3v) is 6.28. The van der Waals surface area contributed by atoms with Crippen molar-refractivity contribution in [3.8, 4) is 0 Å². The highest BCUT2D eigenvalue weighted by atomic mass is 32.2. The molecule has 0 atom stereocenters. The number of hydrogen-bond acceptors (Lipinski definition) is 3. The standard InChI is InChI=1S/C22H32N4O2S/c1-4-22(5-2,19-10-8-7-9-11-19)17-26-21(24-6-3)25-16-18-12-14-20(15-13-18)29(23,27)28/h7-15H,4-6,16-17H2,1-3H3,(H2,23,27,28)(H2,24,25,26). The van der Waals surface area contributed by atoms with E-state index in [-0.39, 0.29) is 10.3 Å². The van der Waals surface area contributed by atoms with Crippen LogP contribution in [0.2, 0.25) is 0 Å². The first-order valence-corrected chi connectivity index (χ1v) is 11.6. The van der Waals surface area contributed by atoms with Crippen molar-refractivity contribution >= 4 is 16.0 Å². The fraction of sp³-hybridized carbons (Fsp3) is 0.409. The molecule has 0 heterocycles. The number of nitrogens with two attached hydrogens (primary N) is 1. The van der Waals surface area contributed by atoms with Crippen LogP contribution < -0.4 is 15.8 Å². The van der Waals surface area contributed by atoms with Gasteiger partial charge in [-0.15, -0.1) is 0 Å². The van der Waals surface area contributed by atoms with E-state index in [1.807, 2.05) is 13.0 Å². The molecule has 0 aliphatic heterocycles. The van der Waals surface area contributed by atoms with Crippen LogP contribution in [0.1, 0.15) is 44.7 Å². The first kappa shape index (κ1) is 22.9. The molecule has 0 aromatic heterocycles. The maximum absolute atomic E-state index is 11.4. The Bertz CT molecular complexity index is 890. The van der Waals surface area contributed by atoms with Gasteiger partial charge in [-0.05, 0) is 43.0 Å². The molecule has 2 aromatic carbocycles. The highest BCUT2D eigenvalue weighted by molar-refractivity contribution is 7.89. The number of nitrogens with zero attached hydrogens (tertiary/aromatic N) is 1. The van der Waals surface area contributed by atoms with Gasteiger partial charge < -0.3 is 10.6 Å². The molecule has 0 bridgehead atoms. The molecule has 158 valence electrons. The highest BCUT2D eigenvalue weighted by Gasteiger charge is 2.28. The van der Waals surface area contributed by atoms with Crippen LogP contribution in [0.5, 0.6) is 0 Å². The Morgan fingerprint density at radius 3 is 2.10 bits per heavy atom. The lowest BCUT2D eigenvalue weighted by Gasteiger charge is -2.33. The van der Waals surface area contributed by atoms with E-state index in [0.717, 1.165) is 37.5 Å². The maximum atomic E-state index is 11.4. The summed E-state index contributed by atoms with van der Waals surface area (Å²) < 4.78 is 22.8. The maximum Gasteiger partial charge on any atom is 0.238 e. The van der Waals surface area contributed by atoms with Gasteiger partial charge in [0.15, 0.2) is 5.96 Å². The molecule has 2 rings (SSSR count). The van der Waals surface area contributed by atoms with Crippen molar-refractivity contribution in [2.45, 2.75) is 50.5 Å². The topological polar surface area (TPSA) is 96.6 Å². The van der Waals surface area contributed by atoms with Crippen LogP contribution >= 0.6 is 0 Å². The molecule has 0 aliphatic carbocycles. The smallest absolute Gasteiger partial charge is 0.238 e. The Balaban J connectivity index is 2.12. The van der Waals surface area contributed by atoms with Crippen LogP contribution in [0.15, 0.2) is 64.5 Å². The molecule has 0 saturated heterocycles. The molecule has 0 spiro atoms. The Labute approximate surface area is 174 Å². The predicted octanol–water partition coefficient (Wildman–Crippen LogP) is 3.15. The van der Waals surface area contributed by atoms with Crippen LogP contribution in [0.3, 0.4) is 0 Å². The van der Waals surface area contributed by atoms with Gasteiger partial charge >= 0.3 is 0 Å². The summed E-state index contributed by atoms with van der Waals surface area (Å²) >= 11 is 0. The summed E-state index contributed by atoms with van der Waals surface area (Å²) in [6, 6.07) is 17.1. The number of rotatable bonds is 9. The minimum absolute atomic E-state index is 0.0363. The molecule has 0 unspecified atom stereocenters. The molecule has 0 fully saturated rings. The van der Waals surface area contributed by atoms with Gasteiger partial charge in [0.05, 0.1) is 11.4 Å². The molecule has 0 amide bonds. The summed E-state index contributed by atoms with van der Waals surface area (Å²) in [5, 5.41) is 11.9. The van der Waals surface area contributed by atoms with E-state index in [4.69, 9.17) is 5.14 Å². The Morgan fingerprint density at radius 2 is 1.59 bits per heavy atom. The van der Waals surface area contributed by atoms with Gasteiger partial charge in [0, 0.05) is 18.5 Å². The van der Waals surface area contributed by atoms with E-state index in [9.17, 15) is 8.42 Å². The fourth-order valence-corrected chi connectivity index (χ4v) is 3.87. The Hall–Kier alpha value is -2.38. The van der Waals surface area contributed by atoms with E-state index in [1.54, 1.807) is 12.1 Å². The lowest BCUT2D eigenvalue weighted by atomic mass is 9.76. The van der Waals surface area contributed by atoms with Gasteiger partial charge in [-0.3, -0.25) is 0 Å². The third-order valence-electron chi connectivity index (χ3n) is 5.35. The van der Waals surface area contributed by atoms with E-state index in [1.165, 1.54) is 17.7 Å². The van der Waals surface area contributed by atoms with Gasteiger partial charge in [0.25, 0.3) is 0 Å². The van der Waals surface area contributed by atoms with Gasteiger partial charge in [-0.1, -0.05) is 56.3 Å². The minimum atomic E-state index is -3.68. The SMILES string of the molecule is CCNC(=NCc1ccc(S(N)(=O)=O)cc1)NCC(CC)(CC)c1ccccc1. The van der Waals surface area contributed by atoms with Gasteiger partial charge in [-0.2, -0.15) is 0 Å². The van der Waals surface area contributed by atoms with Crippen molar-refractivity contribution in [3.63, 3.8) is 0 Å². The quantitative estimate of drug-likeness (QED) is 0.432. The van der Waals surface area contributed by atoms with Crippen molar-refractivity contribution < 1.29 is 8.42 Å². The number of sulfonamides is 1. The first-order chi connectivity index (χ1) is 13.8. The zero-order chi connectivity index (χ0) is 21.3. The molecular weight excluding hydrogens is 384 g/mol. The lowest BCUT2D eigenvalue weighted by Crippen LogP contribution is -2.45. The van der Waals surface area contributed by atoms with Crippen molar-refractivity contribution in [2.24, 2.45) is 10.1 Å². The molecular formula is C22H32N4O2S. The summed E-state index contributed by atoms with van der Waals surface area (Å²) in [6.45, 7) is 8.44. The van der Waals surface area contributed by atoms with Gasteiger partial charge in [-0.25, -0.2) is 18.5 Å². The summed E-state index contributed by atoms with van der Waals surface area (Å²) in [5.41, 5.74) is 2.27. The molecule has 0 radical (unpaired) electrons. The zero-order valence-electron chi connectivity index (χ0n) is 17.5. The first-order valence-electron chi connectivity index (χ1n) is 10.0. The second-order valence-electron chi connectivity index (χ2n) is 7.09. The second kappa shape index (κ2) is 10.4. The molecule has 6 nitrogen and oxygen atoms in total. The van der Waals surface area contributed by atoms with Gasteiger partial charge in [0.2, 0.25) is 10.0 Å². The summed E-state index contributed by atoms with van der Waals surface area (Å²) in [6.07, 6.45) is 2.05. The average molecular weight is 417 g/mol. The molecule has 2 aromatic rings. The normalized spacial score (nSPS) is 12.6. The lowest BCUT2D eigenvalue weighted by molar-refractivity contribution is 0.389. The average Bonchev–Trinajstić information content (AvgIpc) is 2.73. The third kappa shape index (κ3) is 6.30. The number of hydrogen-bond donors (Lipinski definition) is 3. The van der Waals surface area contributed by atoms with Gasteiger partial charge in [0.1, 0.15) is 0 Å². The van der Waals surface area contributed by atoms with Crippen molar-refractivity contribution in [3.05, 3.63) is 65.7 Å². The largest absolute Gasteiger partial charge is 0.357 e. The second-order valence-corrected chi connectivity index (χ2v) is 8.65. The van der Waals surface area contributed by atoms with Crippen molar-refractivity contribution in [2.75, 3.05) is 13.1 Å². The number of guanidine groups is 1.